The van der Waals surface area contributed by atoms with E-state index < -0.39 is 0 Å². The van der Waals surface area contributed by atoms with E-state index in [1.54, 1.807) is 0 Å². The van der Waals surface area contributed by atoms with Gasteiger partial charge < -0.3 is 10.2 Å². The molecule has 1 saturated carbocycles. The van der Waals surface area contributed by atoms with E-state index in [1.807, 2.05) is 0 Å². The summed E-state index contributed by atoms with van der Waals surface area (Å²) in [6.07, 6.45) is 9.69. The van der Waals surface area contributed by atoms with Crippen molar-refractivity contribution in [2.45, 2.75) is 57.0 Å². The molecule has 0 heterocycles. The zero-order chi connectivity index (χ0) is 14.2. The lowest BCUT2D eigenvalue weighted by Gasteiger charge is -2.29. The van der Waals surface area contributed by atoms with Gasteiger partial charge in [0.1, 0.15) is 0 Å². The molecular formula is C18H30N2. The van der Waals surface area contributed by atoms with Crippen molar-refractivity contribution in [2.24, 2.45) is 0 Å². The highest BCUT2D eigenvalue weighted by Crippen LogP contribution is 2.22. The largest absolute Gasteiger partial charge is 0.313 e. The smallest absolute Gasteiger partial charge is 0.0329 e. The number of hydrogen-bond donors (Lipinski definition) is 1. The van der Waals surface area contributed by atoms with Crippen molar-refractivity contribution >= 4 is 0 Å². The maximum Gasteiger partial charge on any atom is 0.0329 e. The molecule has 1 aliphatic carbocycles. The van der Waals surface area contributed by atoms with E-state index >= 15 is 0 Å². The first-order valence-electron chi connectivity index (χ1n) is 8.23. The molecule has 1 aliphatic rings. The van der Waals surface area contributed by atoms with Crippen molar-refractivity contribution in [1.82, 2.24) is 10.2 Å². The van der Waals surface area contributed by atoms with Gasteiger partial charge in [-0.15, -0.1) is 0 Å². The van der Waals surface area contributed by atoms with Gasteiger partial charge in [0.2, 0.25) is 0 Å². The van der Waals surface area contributed by atoms with Gasteiger partial charge in [-0.2, -0.15) is 0 Å². The second-order valence-corrected chi connectivity index (χ2v) is 6.17. The molecule has 0 aromatic heterocycles. The zero-order valence-electron chi connectivity index (χ0n) is 13.1. The van der Waals surface area contributed by atoms with Gasteiger partial charge in [-0.3, -0.25) is 0 Å². The van der Waals surface area contributed by atoms with Crippen LogP contribution in [0.15, 0.2) is 30.3 Å². The van der Waals surface area contributed by atoms with Crippen molar-refractivity contribution in [3.63, 3.8) is 0 Å². The predicted octanol–water partition coefficient (Wildman–Crippen LogP) is 3.99. The Morgan fingerprint density at radius 2 is 1.75 bits per heavy atom. The molecule has 0 aliphatic heterocycles. The Morgan fingerprint density at radius 3 is 2.35 bits per heavy atom. The molecule has 0 bridgehead atoms. The normalized spacial score (nSPS) is 18.9. The van der Waals surface area contributed by atoms with Crippen LogP contribution in [-0.2, 0) is 0 Å². The van der Waals surface area contributed by atoms with Crippen molar-refractivity contribution < 1.29 is 0 Å². The quantitative estimate of drug-likeness (QED) is 0.789. The van der Waals surface area contributed by atoms with Crippen LogP contribution < -0.4 is 5.32 Å². The Morgan fingerprint density at radius 1 is 1.10 bits per heavy atom. The molecule has 1 fully saturated rings. The van der Waals surface area contributed by atoms with Gasteiger partial charge in [-0.25, -0.2) is 0 Å². The van der Waals surface area contributed by atoms with Crippen LogP contribution in [0.5, 0.6) is 0 Å². The summed E-state index contributed by atoms with van der Waals surface area (Å²) in [5.74, 6) is 0. The van der Waals surface area contributed by atoms with Gasteiger partial charge in [0, 0.05) is 12.1 Å². The molecule has 20 heavy (non-hydrogen) atoms. The second-order valence-electron chi connectivity index (χ2n) is 6.17. The molecular weight excluding hydrogens is 244 g/mol. The fourth-order valence-electron chi connectivity index (χ4n) is 3.38. The van der Waals surface area contributed by atoms with Crippen LogP contribution in [0.25, 0.3) is 0 Å². The Kier molecular flexibility index (Phi) is 6.55. The predicted molar refractivity (Wildman–Crippen MR) is 87.0 cm³/mol. The standard InChI is InChI=1S/C18H30N2/c1-19-18(16-10-6-5-7-11-16)14-15-20(2)17-12-8-3-4-9-13-17/h5-7,10-11,17-19H,3-4,8-9,12-15H2,1-2H3. The molecule has 0 amide bonds. The first kappa shape index (κ1) is 15.5. The summed E-state index contributed by atoms with van der Waals surface area (Å²) in [5.41, 5.74) is 1.41. The summed E-state index contributed by atoms with van der Waals surface area (Å²) in [6, 6.07) is 12.1. The third-order valence-corrected chi connectivity index (χ3v) is 4.77. The average molecular weight is 274 g/mol. The number of nitrogens with one attached hydrogen (secondary N) is 1. The van der Waals surface area contributed by atoms with Crippen LogP contribution in [-0.4, -0.2) is 31.6 Å². The Hall–Kier alpha value is -0.860. The van der Waals surface area contributed by atoms with Gasteiger partial charge in [-0.05, 0) is 45.5 Å². The first-order chi connectivity index (χ1) is 9.81. The van der Waals surface area contributed by atoms with Crippen LogP contribution in [0, 0.1) is 0 Å². The van der Waals surface area contributed by atoms with Crippen LogP contribution in [0.4, 0.5) is 0 Å². The number of benzene rings is 1. The average Bonchev–Trinajstić information content (AvgIpc) is 2.78. The molecule has 1 N–H and O–H groups in total. The molecule has 1 unspecified atom stereocenters. The fourth-order valence-corrected chi connectivity index (χ4v) is 3.38. The Labute approximate surface area is 124 Å². The highest BCUT2D eigenvalue weighted by atomic mass is 15.1. The monoisotopic (exact) mass is 274 g/mol. The minimum absolute atomic E-state index is 0.476. The summed E-state index contributed by atoms with van der Waals surface area (Å²) in [7, 11) is 4.39. The van der Waals surface area contributed by atoms with E-state index in [4.69, 9.17) is 0 Å². The molecule has 2 heteroatoms. The minimum atomic E-state index is 0.476. The van der Waals surface area contributed by atoms with Crippen LogP contribution in [0.1, 0.15) is 56.6 Å². The molecule has 0 radical (unpaired) electrons. The maximum atomic E-state index is 3.46. The molecule has 2 nitrogen and oxygen atoms in total. The van der Waals surface area contributed by atoms with Crippen molar-refractivity contribution in [2.75, 3.05) is 20.6 Å². The van der Waals surface area contributed by atoms with Crippen LogP contribution in [0.3, 0.4) is 0 Å². The lowest BCUT2D eigenvalue weighted by Crippen LogP contribution is -2.34. The molecule has 0 spiro atoms. The van der Waals surface area contributed by atoms with Gasteiger partial charge in [-0.1, -0.05) is 56.0 Å². The van der Waals surface area contributed by atoms with E-state index in [0.717, 1.165) is 6.04 Å². The first-order valence-corrected chi connectivity index (χ1v) is 8.23. The molecule has 2 rings (SSSR count). The van der Waals surface area contributed by atoms with E-state index in [2.05, 4.69) is 54.6 Å². The third-order valence-electron chi connectivity index (χ3n) is 4.77. The fraction of sp³-hybridized carbons (Fsp3) is 0.667. The van der Waals surface area contributed by atoms with E-state index in [9.17, 15) is 0 Å². The molecule has 1 atom stereocenters. The highest BCUT2D eigenvalue weighted by Gasteiger charge is 2.18. The van der Waals surface area contributed by atoms with Crippen LogP contribution >= 0.6 is 0 Å². The third kappa shape index (κ3) is 4.60. The number of nitrogens with zero attached hydrogens (tertiary/aromatic N) is 1. The van der Waals surface area contributed by atoms with Gasteiger partial charge in [0.25, 0.3) is 0 Å². The Bertz CT molecular complexity index is 355. The molecule has 112 valence electrons. The topological polar surface area (TPSA) is 15.3 Å². The SMILES string of the molecule is CNC(CCN(C)C1CCCCCC1)c1ccccc1. The van der Waals surface area contributed by atoms with Crippen molar-refractivity contribution in [3.05, 3.63) is 35.9 Å². The van der Waals surface area contributed by atoms with Crippen LogP contribution in [0.2, 0.25) is 0 Å². The molecule has 0 saturated heterocycles. The summed E-state index contributed by atoms with van der Waals surface area (Å²) < 4.78 is 0. The Balaban J connectivity index is 1.83. The van der Waals surface area contributed by atoms with Gasteiger partial charge >= 0.3 is 0 Å². The second kappa shape index (κ2) is 8.43. The maximum absolute atomic E-state index is 3.46. The minimum Gasteiger partial charge on any atom is -0.313 e. The molecule has 1 aromatic rings. The summed E-state index contributed by atoms with van der Waals surface area (Å²) in [5, 5.41) is 3.46. The highest BCUT2D eigenvalue weighted by molar-refractivity contribution is 5.18. The summed E-state index contributed by atoms with van der Waals surface area (Å²) in [4.78, 5) is 2.60. The van der Waals surface area contributed by atoms with E-state index in [1.165, 1.54) is 57.1 Å². The van der Waals surface area contributed by atoms with E-state index in [-0.39, 0.29) is 0 Å². The van der Waals surface area contributed by atoms with Crippen molar-refractivity contribution in [3.8, 4) is 0 Å². The van der Waals surface area contributed by atoms with E-state index in [0.29, 0.717) is 6.04 Å². The summed E-state index contributed by atoms with van der Waals surface area (Å²) in [6.45, 7) is 1.19. The zero-order valence-corrected chi connectivity index (χ0v) is 13.1. The summed E-state index contributed by atoms with van der Waals surface area (Å²) >= 11 is 0. The van der Waals surface area contributed by atoms with Crippen molar-refractivity contribution in [1.29, 1.82) is 0 Å². The lowest BCUT2D eigenvalue weighted by atomic mass is 10.0. The number of rotatable bonds is 6. The lowest BCUT2D eigenvalue weighted by molar-refractivity contribution is 0.211. The number of hydrogen-bond acceptors (Lipinski definition) is 2. The van der Waals surface area contributed by atoms with Gasteiger partial charge in [0.05, 0.1) is 0 Å². The van der Waals surface area contributed by atoms with Gasteiger partial charge in [0.15, 0.2) is 0 Å². The molecule has 1 aromatic carbocycles.